The molecule has 0 aliphatic heterocycles. The molecule has 0 amide bonds. The first-order chi connectivity index (χ1) is 13.0. The molecule has 2 aromatic carbocycles. The number of carbonyl (C=O) groups is 1. The highest BCUT2D eigenvalue weighted by molar-refractivity contribution is 7.92. The summed E-state index contributed by atoms with van der Waals surface area (Å²) in [6.45, 7) is 0.537. The Hall–Kier alpha value is -2.69. The van der Waals surface area contributed by atoms with E-state index in [9.17, 15) is 35.2 Å². The molecular formula is C17H14F5NO4S. The van der Waals surface area contributed by atoms with Crippen molar-refractivity contribution in [1.82, 2.24) is 0 Å². The highest BCUT2D eigenvalue weighted by Gasteiger charge is 2.36. The summed E-state index contributed by atoms with van der Waals surface area (Å²) in [6, 6.07) is 5.01. The van der Waals surface area contributed by atoms with Crippen LogP contribution < -0.4 is 4.31 Å². The van der Waals surface area contributed by atoms with Gasteiger partial charge >= 0.3 is 12.1 Å². The third kappa shape index (κ3) is 4.77. The van der Waals surface area contributed by atoms with E-state index in [0.29, 0.717) is 16.4 Å². The second-order valence-corrected chi connectivity index (χ2v) is 7.29. The number of rotatable bonds is 6. The molecule has 0 aliphatic carbocycles. The molecule has 0 saturated carbocycles. The standard InChI is InChI=1S/C17H14F5NO4S/c1-2-27-16(24)10-23(12-5-3-11(18)4-6-12)28(25,26)13-7-8-15(19)14(9-13)17(20,21)22/h3-9H,2,10H2,1H3. The molecule has 0 N–H and O–H groups in total. The maximum absolute atomic E-state index is 13.5. The number of hydrogen-bond donors (Lipinski definition) is 0. The first-order valence-electron chi connectivity index (χ1n) is 7.77. The number of carbonyl (C=O) groups excluding carboxylic acids is 1. The summed E-state index contributed by atoms with van der Waals surface area (Å²) in [7, 11) is -4.74. The van der Waals surface area contributed by atoms with Crippen LogP contribution in [0, 0.1) is 11.6 Å². The van der Waals surface area contributed by atoms with Crippen LogP contribution in [0.5, 0.6) is 0 Å². The van der Waals surface area contributed by atoms with Gasteiger partial charge in [0.1, 0.15) is 18.2 Å². The minimum absolute atomic E-state index is 0.0646. The normalized spacial score (nSPS) is 11.9. The fraction of sp³-hybridized carbons (Fsp3) is 0.235. The van der Waals surface area contributed by atoms with Gasteiger partial charge in [-0.15, -0.1) is 0 Å². The van der Waals surface area contributed by atoms with E-state index >= 15 is 0 Å². The van der Waals surface area contributed by atoms with Crippen LogP contribution in [-0.4, -0.2) is 27.5 Å². The van der Waals surface area contributed by atoms with Gasteiger partial charge in [0.15, 0.2) is 0 Å². The molecule has 0 radical (unpaired) electrons. The lowest BCUT2D eigenvalue weighted by Crippen LogP contribution is -2.36. The maximum Gasteiger partial charge on any atom is 0.419 e. The van der Waals surface area contributed by atoms with E-state index in [2.05, 4.69) is 4.74 Å². The van der Waals surface area contributed by atoms with Crippen LogP contribution in [0.3, 0.4) is 0 Å². The third-order valence-corrected chi connectivity index (χ3v) is 5.29. The Morgan fingerprint density at radius 3 is 2.21 bits per heavy atom. The van der Waals surface area contributed by atoms with E-state index in [1.54, 1.807) is 0 Å². The summed E-state index contributed by atoms with van der Waals surface area (Å²) in [5, 5.41) is 0. The lowest BCUT2D eigenvalue weighted by Gasteiger charge is -2.24. The van der Waals surface area contributed by atoms with Crippen LogP contribution in [0.1, 0.15) is 12.5 Å². The zero-order valence-electron chi connectivity index (χ0n) is 14.3. The fourth-order valence-corrected chi connectivity index (χ4v) is 3.69. The van der Waals surface area contributed by atoms with Gasteiger partial charge in [-0.1, -0.05) is 0 Å². The Labute approximate surface area is 157 Å². The lowest BCUT2D eigenvalue weighted by atomic mass is 10.2. The topological polar surface area (TPSA) is 63.7 Å². The molecule has 2 aromatic rings. The summed E-state index contributed by atoms with van der Waals surface area (Å²) >= 11 is 0. The smallest absolute Gasteiger partial charge is 0.419 e. The molecule has 0 saturated heterocycles. The Bertz CT molecular complexity index is 959. The molecule has 5 nitrogen and oxygen atoms in total. The first-order valence-corrected chi connectivity index (χ1v) is 9.21. The lowest BCUT2D eigenvalue weighted by molar-refractivity contribution is -0.141. The number of hydrogen-bond acceptors (Lipinski definition) is 4. The number of ether oxygens (including phenoxy) is 1. The van der Waals surface area contributed by atoms with E-state index in [1.807, 2.05) is 0 Å². The summed E-state index contributed by atoms with van der Waals surface area (Å²) < 4.78 is 96.3. The van der Waals surface area contributed by atoms with Crippen LogP contribution in [-0.2, 0) is 25.7 Å². The third-order valence-electron chi connectivity index (χ3n) is 3.52. The minimum atomic E-state index is -5.13. The molecule has 11 heteroatoms. The number of alkyl halides is 3. The minimum Gasteiger partial charge on any atom is -0.465 e. The Kier molecular flexibility index (Phi) is 6.27. The molecule has 2 rings (SSSR count). The van der Waals surface area contributed by atoms with Gasteiger partial charge in [0.2, 0.25) is 0 Å². The van der Waals surface area contributed by atoms with Crippen molar-refractivity contribution in [3.05, 3.63) is 59.7 Å². The molecular weight excluding hydrogens is 409 g/mol. The fourth-order valence-electron chi connectivity index (χ4n) is 2.26. The van der Waals surface area contributed by atoms with Crippen molar-refractivity contribution in [3.8, 4) is 0 Å². The van der Waals surface area contributed by atoms with Crippen LogP contribution in [0.15, 0.2) is 47.4 Å². The molecule has 0 spiro atoms. The van der Waals surface area contributed by atoms with Crippen molar-refractivity contribution >= 4 is 21.7 Å². The summed E-state index contributed by atoms with van der Waals surface area (Å²) in [4.78, 5) is 10.9. The summed E-state index contributed by atoms with van der Waals surface area (Å²) in [5.74, 6) is -3.32. The zero-order chi connectivity index (χ0) is 21.1. The number of anilines is 1. The van der Waals surface area contributed by atoms with Gasteiger partial charge in [-0.3, -0.25) is 9.10 Å². The molecule has 0 atom stereocenters. The van der Waals surface area contributed by atoms with Crippen molar-refractivity contribution in [2.45, 2.75) is 18.0 Å². The predicted molar refractivity (Wildman–Crippen MR) is 89.0 cm³/mol. The molecule has 0 fully saturated rings. The van der Waals surface area contributed by atoms with Crippen LogP contribution in [0.4, 0.5) is 27.6 Å². The Morgan fingerprint density at radius 2 is 1.68 bits per heavy atom. The van der Waals surface area contributed by atoms with Gasteiger partial charge in [-0.05, 0) is 49.4 Å². The largest absolute Gasteiger partial charge is 0.465 e. The van der Waals surface area contributed by atoms with Crippen LogP contribution in [0.25, 0.3) is 0 Å². The molecule has 152 valence electrons. The van der Waals surface area contributed by atoms with E-state index in [0.717, 1.165) is 24.3 Å². The average Bonchev–Trinajstić information content (AvgIpc) is 2.60. The van der Waals surface area contributed by atoms with E-state index in [1.165, 1.54) is 6.92 Å². The molecule has 0 heterocycles. The summed E-state index contributed by atoms with van der Waals surface area (Å²) in [6.07, 6.45) is -5.13. The number of esters is 1. The van der Waals surface area contributed by atoms with Gasteiger partial charge in [0.25, 0.3) is 10.0 Å². The van der Waals surface area contributed by atoms with E-state index < -0.39 is 50.8 Å². The monoisotopic (exact) mass is 423 g/mol. The predicted octanol–water partition coefficient (Wildman–Crippen LogP) is 3.74. The first kappa shape index (κ1) is 21.6. The van der Waals surface area contributed by atoms with Gasteiger partial charge in [0.05, 0.1) is 22.8 Å². The van der Waals surface area contributed by atoms with Crippen molar-refractivity contribution in [1.29, 1.82) is 0 Å². The van der Waals surface area contributed by atoms with Gasteiger partial charge in [-0.2, -0.15) is 13.2 Å². The van der Waals surface area contributed by atoms with Crippen molar-refractivity contribution in [3.63, 3.8) is 0 Å². The molecule has 0 bridgehead atoms. The van der Waals surface area contributed by atoms with E-state index in [-0.39, 0.29) is 18.4 Å². The Morgan fingerprint density at radius 1 is 1.07 bits per heavy atom. The van der Waals surface area contributed by atoms with E-state index in [4.69, 9.17) is 0 Å². The number of nitrogens with zero attached hydrogens (tertiary/aromatic N) is 1. The van der Waals surface area contributed by atoms with Crippen molar-refractivity contribution in [2.75, 3.05) is 17.5 Å². The van der Waals surface area contributed by atoms with Gasteiger partial charge in [0, 0.05) is 0 Å². The zero-order valence-corrected chi connectivity index (χ0v) is 15.2. The molecule has 0 aliphatic rings. The van der Waals surface area contributed by atoms with Gasteiger partial charge in [-0.25, -0.2) is 17.2 Å². The van der Waals surface area contributed by atoms with Gasteiger partial charge < -0.3 is 4.74 Å². The number of halogens is 5. The molecule has 28 heavy (non-hydrogen) atoms. The molecule has 0 unspecified atom stereocenters. The van der Waals surface area contributed by atoms with Crippen molar-refractivity contribution < 1.29 is 39.9 Å². The average molecular weight is 423 g/mol. The summed E-state index contributed by atoms with van der Waals surface area (Å²) in [5.41, 5.74) is -1.96. The van der Waals surface area contributed by atoms with Crippen LogP contribution >= 0.6 is 0 Å². The van der Waals surface area contributed by atoms with Crippen molar-refractivity contribution in [2.24, 2.45) is 0 Å². The SMILES string of the molecule is CCOC(=O)CN(c1ccc(F)cc1)S(=O)(=O)c1ccc(F)c(C(F)(F)F)c1. The molecule has 0 aromatic heterocycles. The maximum atomic E-state index is 13.5. The van der Waals surface area contributed by atoms with Crippen LogP contribution in [0.2, 0.25) is 0 Å². The second-order valence-electron chi connectivity index (χ2n) is 5.43. The second kappa shape index (κ2) is 8.13. The number of benzene rings is 2. The number of sulfonamides is 1. The quantitative estimate of drug-likeness (QED) is 0.525. The Balaban J connectivity index is 2.57. The highest BCUT2D eigenvalue weighted by Crippen LogP contribution is 2.34. The highest BCUT2D eigenvalue weighted by atomic mass is 32.2.